The fourth-order valence-electron chi connectivity index (χ4n) is 6.20. The molecule has 0 amide bonds. The number of alkyl halides is 2. The molecule has 3 heterocycles. The largest absolute Gasteiger partial charge is 0.415 e. The van der Waals surface area contributed by atoms with Gasteiger partial charge in [-0.2, -0.15) is 0 Å². The molecule has 0 bridgehead atoms. The summed E-state index contributed by atoms with van der Waals surface area (Å²) in [7, 11) is 4.13. The Morgan fingerprint density at radius 2 is 1.72 bits per heavy atom. The van der Waals surface area contributed by atoms with Gasteiger partial charge in [-0.1, -0.05) is 30.3 Å². The van der Waals surface area contributed by atoms with Crippen LogP contribution >= 0.6 is 0 Å². The van der Waals surface area contributed by atoms with E-state index in [1.54, 1.807) is 13.1 Å². The second-order valence-corrected chi connectivity index (χ2v) is 13.4. The fraction of sp³-hybridized carbons (Fsp3) is 0.405. The predicted octanol–water partition coefficient (Wildman–Crippen LogP) is 7.88. The van der Waals surface area contributed by atoms with E-state index in [0.717, 1.165) is 11.1 Å². The van der Waals surface area contributed by atoms with E-state index in [1.807, 2.05) is 49.4 Å². The molecule has 2 atom stereocenters. The van der Waals surface area contributed by atoms with Crippen LogP contribution in [0.3, 0.4) is 0 Å². The van der Waals surface area contributed by atoms with E-state index < -0.39 is 12.0 Å². The van der Waals surface area contributed by atoms with Gasteiger partial charge in [0.1, 0.15) is 23.3 Å². The number of esters is 1. The van der Waals surface area contributed by atoms with E-state index in [1.165, 1.54) is 23.9 Å². The number of nitrogens with zero attached hydrogens (tertiary/aromatic N) is 4. The number of rotatable bonds is 11. The summed E-state index contributed by atoms with van der Waals surface area (Å²) in [5.41, 5.74) is 2.77. The van der Waals surface area contributed by atoms with Crippen molar-refractivity contribution in [3.05, 3.63) is 102 Å². The van der Waals surface area contributed by atoms with Crippen molar-refractivity contribution in [2.24, 2.45) is 11.8 Å². The van der Waals surface area contributed by atoms with Gasteiger partial charge in [0.15, 0.2) is 0 Å². The number of hydrogen-bond acceptors (Lipinski definition) is 7. The normalized spacial score (nSPS) is 18.7. The average Bonchev–Trinajstić information content (AvgIpc) is 3.07. The van der Waals surface area contributed by atoms with Crippen molar-refractivity contribution in [3.8, 4) is 11.3 Å². The number of pyridine rings is 3. The van der Waals surface area contributed by atoms with Crippen LogP contribution in [0.15, 0.2) is 79.1 Å². The van der Waals surface area contributed by atoms with Crippen LogP contribution in [-0.2, 0) is 15.1 Å². The maximum absolute atomic E-state index is 13.1. The lowest BCUT2D eigenvalue weighted by molar-refractivity contribution is -0.935. The van der Waals surface area contributed by atoms with Gasteiger partial charge in [0.2, 0.25) is 6.73 Å². The first-order valence-corrected chi connectivity index (χ1v) is 16.1. The highest BCUT2D eigenvalue weighted by molar-refractivity contribution is 5.72. The molecule has 2 N–H and O–H groups in total. The van der Waals surface area contributed by atoms with E-state index >= 15 is 0 Å². The van der Waals surface area contributed by atoms with Gasteiger partial charge >= 0.3 is 5.97 Å². The molecule has 47 heavy (non-hydrogen) atoms. The highest BCUT2D eigenvalue weighted by Crippen LogP contribution is 2.41. The van der Waals surface area contributed by atoms with Gasteiger partial charge in [0.05, 0.1) is 31.4 Å². The van der Waals surface area contributed by atoms with Gasteiger partial charge in [-0.25, -0.2) is 18.7 Å². The third-order valence-electron chi connectivity index (χ3n) is 9.57. The van der Waals surface area contributed by atoms with Gasteiger partial charge in [-0.15, -0.1) is 0 Å². The zero-order valence-corrected chi connectivity index (χ0v) is 27.7. The molecular weight excluding hydrogens is 600 g/mol. The smallest absolute Gasteiger partial charge is 0.313 e. The predicted molar refractivity (Wildman–Crippen MR) is 178 cm³/mol. The number of aryl methyl sites for hydroxylation is 1. The summed E-state index contributed by atoms with van der Waals surface area (Å²) in [5, 5.41) is 14.6. The Labute approximate surface area is 275 Å². The van der Waals surface area contributed by atoms with Crippen LogP contribution in [0, 0.1) is 18.8 Å². The third-order valence-corrected chi connectivity index (χ3v) is 9.57. The molecule has 0 radical (unpaired) electrons. The van der Waals surface area contributed by atoms with Crippen molar-refractivity contribution in [2.45, 2.75) is 64.5 Å². The number of ether oxygens (including phenoxy) is 1. The van der Waals surface area contributed by atoms with Crippen LogP contribution in [0.4, 0.5) is 20.4 Å². The summed E-state index contributed by atoms with van der Waals surface area (Å²) in [6.45, 7) is 6.14. The first-order valence-electron chi connectivity index (χ1n) is 16.1. The van der Waals surface area contributed by atoms with Crippen LogP contribution < -0.4 is 5.32 Å². The maximum Gasteiger partial charge on any atom is 0.313 e. The highest BCUT2D eigenvalue weighted by Gasteiger charge is 2.40. The molecule has 0 saturated heterocycles. The number of aromatic nitrogens is 3. The van der Waals surface area contributed by atoms with E-state index in [4.69, 9.17) is 4.74 Å². The molecular formula is C37H44F2N5O3+. The number of nitrogens with one attached hydrogen (secondary N) is 1. The van der Waals surface area contributed by atoms with Gasteiger partial charge in [0.25, 0.3) is 6.43 Å². The van der Waals surface area contributed by atoms with Gasteiger partial charge < -0.3 is 15.2 Å². The number of anilines is 2. The second kappa shape index (κ2) is 14.2. The quantitative estimate of drug-likeness (QED) is 0.0974. The Morgan fingerprint density at radius 3 is 2.38 bits per heavy atom. The van der Waals surface area contributed by atoms with Gasteiger partial charge in [-0.05, 0) is 94.3 Å². The van der Waals surface area contributed by atoms with Crippen molar-refractivity contribution in [3.63, 3.8) is 0 Å². The molecule has 0 spiro atoms. The molecule has 248 valence electrons. The summed E-state index contributed by atoms with van der Waals surface area (Å²) < 4.78 is 32.6. The molecule has 1 unspecified atom stereocenters. The first-order chi connectivity index (χ1) is 22.3. The topological polar surface area (TPSA) is 97.2 Å². The number of hydrogen-bond donors (Lipinski definition) is 2. The van der Waals surface area contributed by atoms with E-state index in [-0.39, 0.29) is 35.2 Å². The van der Waals surface area contributed by atoms with Crippen molar-refractivity contribution in [1.29, 1.82) is 0 Å². The Kier molecular flexibility index (Phi) is 10.3. The molecule has 1 aliphatic rings. The minimum Gasteiger partial charge on any atom is -0.415 e. The van der Waals surface area contributed by atoms with Gasteiger partial charge in [-0.3, -0.25) is 14.3 Å². The minimum atomic E-state index is -2.59. The Morgan fingerprint density at radius 1 is 1.00 bits per heavy atom. The Bertz CT molecular complexity index is 1660. The van der Waals surface area contributed by atoms with Crippen LogP contribution in [0.25, 0.3) is 11.3 Å². The van der Waals surface area contributed by atoms with E-state index in [0.29, 0.717) is 54.1 Å². The number of carbonyl (C=O) groups is 1. The molecule has 1 fully saturated rings. The van der Waals surface area contributed by atoms with Crippen molar-refractivity contribution in [1.82, 2.24) is 15.0 Å². The lowest BCUT2D eigenvalue weighted by Crippen LogP contribution is -2.45. The van der Waals surface area contributed by atoms with Crippen molar-refractivity contribution < 1.29 is 27.9 Å². The number of quaternary nitrogens is 1. The SMILES string of the molecule is Cc1cc(Nc2cc(C(F)F)ccn2)nc(-c2ccc([C@](C)(O)[C@H]3CC[C@H](C(=O)OC[N+](C)(C)C(C)c4ccccc4)CC3)nc2)c1. The van der Waals surface area contributed by atoms with Crippen molar-refractivity contribution in [2.75, 3.05) is 26.1 Å². The lowest BCUT2D eigenvalue weighted by Gasteiger charge is -2.38. The molecule has 1 saturated carbocycles. The lowest BCUT2D eigenvalue weighted by atomic mass is 9.73. The molecule has 4 aromatic rings. The summed E-state index contributed by atoms with van der Waals surface area (Å²) >= 11 is 0. The molecule has 8 nitrogen and oxygen atoms in total. The fourth-order valence-corrected chi connectivity index (χ4v) is 6.20. The number of halogens is 2. The summed E-state index contributed by atoms with van der Waals surface area (Å²) in [6, 6.07) is 20.4. The van der Waals surface area contributed by atoms with Crippen LogP contribution in [0.1, 0.15) is 74.4 Å². The summed E-state index contributed by atoms with van der Waals surface area (Å²) in [6.07, 6.45) is 3.10. The number of carbonyl (C=O) groups excluding carboxylic acids is 1. The molecule has 10 heteroatoms. The zero-order valence-electron chi connectivity index (χ0n) is 27.7. The third kappa shape index (κ3) is 8.18. The second-order valence-electron chi connectivity index (χ2n) is 13.4. The monoisotopic (exact) mass is 644 g/mol. The van der Waals surface area contributed by atoms with Crippen LogP contribution in [-0.4, -0.2) is 51.3 Å². The van der Waals surface area contributed by atoms with Crippen molar-refractivity contribution >= 4 is 17.6 Å². The minimum absolute atomic E-state index is 0.0559. The van der Waals surface area contributed by atoms with Crippen LogP contribution in [0.2, 0.25) is 0 Å². The molecule has 5 rings (SSSR count). The number of aliphatic hydroxyl groups is 1. The maximum atomic E-state index is 13.1. The van der Waals surface area contributed by atoms with E-state index in [2.05, 4.69) is 53.4 Å². The van der Waals surface area contributed by atoms with Crippen LogP contribution in [0.5, 0.6) is 0 Å². The number of benzene rings is 1. The molecule has 3 aromatic heterocycles. The molecule has 1 aliphatic carbocycles. The Hall–Kier alpha value is -4.28. The summed E-state index contributed by atoms with van der Waals surface area (Å²) in [4.78, 5) is 26.5. The molecule has 0 aliphatic heterocycles. The molecule has 1 aromatic carbocycles. The Balaban J connectivity index is 1.18. The highest BCUT2D eigenvalue weighted by atomic mass is 19.3. The first kappa shape index (κ1) is 34.1. The van der Waals surface area contributed by atoms with Gasteiger partial charge in [0, 0.05) is 29.1 Å². The zero-order chi connectivity index (χ0) is 33.8. The standard InChI is InChI=1S/C37H44F2N5O3/c1-24-19-31(42-34(20-24)43-33-21-28(35(38)39)17-18-40-33)29-13-16-32(41-22-29)37(3,46)30-14-11-27(12-15-30)36(45)47-23-44(4,5)25(2)26-9-7-6-8-10-26/h6-10,13,16-22,25,27,30,35,46H,11-12,14-15,23H2,1-5H3,(H,40,42,43)/q+1/t25?,27-,30-,37-/m1/s1. The average molecular weight is 645 g/mol. The summed E-state index contributed by atoms with van der Waals surface area (Å²) in [5.74, 6) is 0.333. The van der Waals surface area contributed by atoms with E-state index in [9.17, 15) is 18.7 Å².